The molecular formula is C30H25F3N4O7. The second-order valence-electron chi connectivity index (χ2n) is 8.67. The molecule has 14 heteroatoms. The Kier molecular flexibility index (Phi) is 9.63. The highest BCUT2D eigenvalue weighted by Crippen LogP contribution is 2.39. The third-order valence-electron chi connectivity index (χ3n) is 6.03. The summed E-state index contributed by atoms with van der Waals surface area (Å²) in [5.74, 6) is -0.127. The van der Waals surface area contributed by atoms with Crippen molar-refractivity contribution in [3.05, 3.63) is 83.9 Å². The van der Waals surface area contributed by atoms with Crippen LogP contribution >= 0.6 is 0 Å². The summed E-state index contributed by atoms with van der Waals surface area (Å²) in [6.07, 6.45) is -4.56. The molecule has 0 bridgehead atoms. The fraction of sp³-hybridized carbons (Fsp3) is 0.167. The molecule has 0 aliphatic carbocycles. The number of aromatic carboxylic acids is 1. The Hall–Kier alpha value is -5.66. The molecule has 0 saturated heterocycles. The van der Waals surface area contributed by atoms with Gasteiger partial charge in [-0.2, -0.15) is 28.1 Å². The van der Waals surface area contributed by atoms with Gasteiger partial charge in [0.1, 0.15) is 11.1 Å². The van der Waals surface area contributed by atoms with Crippen LogP contribution in [0.2, 0.25) is 0 Å². The lowest BCUT2D eigenvalue weighted by Gasteiger charge is -2.14. The third kappa shape index (κ3) is 7.03. The van der Waals surface area contributed by atoms with Gasteiger partial charge in [0.05, 0.1) is 34.0 Å². The molecule has 44 heavy (non-hydrogen) atoms. The van der Waals surface area contributed by atoms with E-state index in [0.29, 0.717) is 22.9 Å². The predicted molar refractivity (Wildman–Crippen MR) is 151 cm³/mol. The molecule has 11 nitrogen and oxygen atoms in total. The van der Waals surface area contributed by atoms with E-state index in [1.165, 1.54) is 52.7 Å². The van der Waals surface area contributed by atoms with Gasteiger partial charge in [0, 0.05) is 17.7 Å². The molecule has 2 aromatic carbocycles. The first-order valence-electron chi connectivity index (χ1n) is 12.6. The van der Waals surface area contributed by atoms with E-state index in [4.69, 9.17) is 28.6 Å². The van der Waals surface area contributed by atoms with Crippen molar-refractivity contribution >= 4 is 5.97 Å². The lowest BCUT2D eigenvalue weighted by atomic mass is 9.97. The Bertz CT molecular complexity index is 1740. The molecule has 0 unspecified atom stereocenters. The highest BCUT2D eigenvalue weighted by Gasteiger charge is 2.34. The minimum atomic E-state index is -4.56. The van der Waals surface area contributed by atoms with Crippen LogP contribution in [0.5, 0.6) is 23.5 Å². The van der Waals surface area contributed by atoms with Gasteiger partial charge in [-0.3, -0.25) is 0 Å². The third-order valence-corrected chi connectivity index (χ3v) is 6.03. The van der Waals surface area contributed by atoms with Gasteiger partial charge in [0.25, 0.3) is 5.89 Å². The fourth-order valence-corrected chi connectivity index (χ4v) is 3.95. The van der Waals surface area contributed by atoms with E-state index in [-0.39, 0.29) is 40.2 Å². The van der Waals surface area contributed by atoms with Crippen molar-refractivity contribution in [2.45, 2.75) is 6.18 Å². The van der Waals surface area contributed by atoms with E-state index in [9.17, 15) is 18.0 Å². The van der Waals surface area contributed by atoms with E-state index < -0.39 is 17.7 Å². The lowest BCUT2D eigenvalue weighted by Crippen LogP contribution is -2.07. The molecule has 1 N–H and O–H groups in total. The summed E-state index contributed by atoms with van der Waals surface area (Å²) in [6, 6.07) is 18.3. The Morgan fingerprint density at radius 1 is 0.727 bits per heavy atom. The van der Waals surface area contributed by atoms with Crippen LogP contribution in [0, 0.1) is 0 Å². The van der Waals surface area contributed by atoms with Gasteiger partial charge in [0.2, 0.25) is 29.3 Å². The number of aromatic nitrogens is 4. The lowest BCUT2D eigenvalue weighted by molar-refractivity contribution is -0.137. The molecule has 5 aromatic rings. The Morgan fingerprint density at radius 3 is 1.93 bits per heavy atom. The van der Waals surface area contributed by atoms with Crippen molar-refractivity contribution in [1.29, 1.82) is 0 Å². The first-order valence-corrected chi connectivity index (χ1v) is 12.6. The standard InChI is InChI=1S/C22H16F3N3O3.C8H9NO4/c1-29-18-11-10-16(20(26-18)30-2)21-27-19(28-31-21)14-8-9-15(13-6-4-3-5-7-13)17(12-14)22(23,24)25;1-12-6-4-3-5(8(10)11)7(9-6)13-2/h3-12H,1-2H3;3-4H,1-2H3,(H,10,11). The number of nitrogens with zero attached hydrogens (tertiary/aromatic N) is 4. The zero-order valence-corrected chi connectivity index (χ0v) is 23.7. The number of pyridine rings is 2. The number of rotatable bonds is 8. The van der Waals surface area contributed by atoms with Crippen molar-refractivity contribution in [3.8, 4) is 57.5 Å². The highest BCUT2D eigenvalue weighted by atomic mass is 19.4. The Balaban J connectivity index is 0.000000285. The van der Waals surface area contributed by atoms with Crippen LogP contribution in [0.1, 0.15) is 15.9 Å². The van der Waals surface area contributed by atoms with Crippen LogP contribution in [0.4, 0.5) is 13.2 Å². The summed E-state index contributed by atoms with van der Waals surface area (Å²) < 4.78 is 66.4. The zero-order valence-electron chi connectivity index (χ0n) is 23.7. The number of hydrogen-bond donors (Lipinski definition) is 1. The van der Waals surface area contributed by atoms with Crippen molar-refractivity contribution in [2.75, 3.05) is 28.4 Å². The molecule has 0 atom stereocenters. The van der Waals surface area contributed by atoms with E-state index in [0.717, 1.165) is 6.07 Å². The maximum atomic E-state index is 13.8. The van der Waals surface area contributed by atoms with Crippen molar-refractivity contribution in [1.82, 2.24) is 20.1 Å². The van der Waals surface area contributed by atoms with E-state index in [2.05, 4.69) is 20.1 Å². The van der Waals surface area contributed by atoms with Gasteiger partial charge in [-0.25, -0.2) is 4.79 Å². The first-order chi connectivity index (χ1) is 21.1. The summed E-state index contributed by atoms with van der Waals surface area (Å²) in [4.78, 5) is 22.8. The van der Waals surface area contributed by atoms with E-state index in [1.807, 2.05) is 0 Å². The van der Waals surface area contributed by atoms with Crippen LogP contribution < -0.4 is 18.9 Å². The number of alkyl halides is 3. The second-order valence-corrected chi connectivity index (χ2v) is 8.67. The summed E-state index contributed by atoms with van der Waals surface area (Å²) in [5, 5.41) is 12.5. The van der Waals surface area contributed by atoms with Gasteiger partial charge in [-0.15, -0.1) is 0 Å². The quantitative estimate of drug-likeness (QED) is 0.212. The molecule has 228 valence electrons. The molecule has 5 rings (SSSR count). The number of carbonyl (C=O) groups is 1. The van der Waals surface area contributed by atoms with Gasteiger partial charge in [-0.05, 0) is 29.3 Å². The van der Waals surface area contributed by atoms with Gasteiger partial charge in [0.15, 0.2) is 0 Å². The Morgan fingerprint density at radius 2 is 1.34 bits per heavy atom. The largest absolute Gasteiger partial charge is 0.481 e. The molecule has 0 fully saturated rings. The summed E-state index contributed by atoms with van der Waals surface area (Å²) in [5.41, 5.74) is 0.321. The second kappa shape index (κ2) is 13.5. The number of halogens is 3. The molecule has 3 aromatic heterocycles. The van der Waals surface area contributed by atoms with Crippen molar-refractivity contribution < 1.29 is 46.5 Å². The molecule has 3 heterocycles. The number of carboxylic acids is 1. The number of hydrogen-bond acceptors (Lipinski definition) is 10. The summed E-state index contributed by atoms with van der Waals surface area (Å²) >= 11 is 0. The average Bonchev–Trinajstić information content (AvgIpc) is 3.54. The van der Waals surface area contributed by atoms with Crippen LogP contribution in [0.3, 0.4) is 0 Å². The van der Waals surface area contributed by atoms with E-state index >= 15 is 0 Å². The smallest absolute Gasteiger partial charge is 0.417 e. The first kappa shape index (κ1) is 31.3. The predicted octanol–water partition coefficient (Wildman–Crippen LogP) is 6.30. The highest BCUT2D eigenvalue weighted by molar-refractivity contribution is 5.90. The van der Waals surface area contributed by atoms with E-state index in [1.54, 1.807) is 42.5 Å². The van der Waals surface area contributed by atoms with Crippen molar-refractivity contribution in [2.24, 2.45) is 0 Å². The maximum absolute atomic E-state index is 13.8. The van der Waals surface area contributed by atoms with Gasteiger partial charge in [-0.1, -0.05) is 47.6 Å². The maximum Gasteiger partial charge on any atom is 0.417 e. The number of methoxy groups -OCH3 is 4. The minimum Gasteiger partial charge on any atom is -0.481 e. The zero-order chi connectivity index (χ0) is 31.9. The van der Waals surface area contributed by atoms with Gasteiger partial charge < -0.3 is 28.6 Å². The van der Waals surface area contributed by atoms with Crippen molar-refractivity contribution in [3.63, 3.8) is 0 Å². The average molecular weight is 611 g/mol. The van der Waals surface area contributed by atoms with Crippen LogP contribution in [0.15, 0.2) is 77.3 Å². The van der Waals surface area contributed by atoms with Crippen LogP contribution in [0.25, 0.3) is 34.0 Å². The minimum absolute atomic E-state index is 0.0120. The molecule has 0 aliphatic heterocycles. The Labute approximate surface area is 248 Å². The normalized spacial score (nSPS) is 10.8. The number of ether oxygens (including phenoxy) is 4. The SMILES string of the molecule is COc1ccc(-c2nc(-c3ccc(-c4ccccc4)c(C(F)(F)F)c3)no2)c(OC)n1.COc1ccc(C(=O)O)c(OC)n1. The number of carboxylic acid groups (broad SMARTS) is 1. The molecule has 0 saturated carbocycles. The molecule has 0 amide bonds. The fourth-order valence-electron chi connectivity index (χ4n) is 3.95. The summed E-state index contributed by atoms with van der Waals surface area (Å²) in [6.45, 7) is 0. The number of benzene rings is 2. The topological polar surface area (TPSA) is 139 Å². The van der Waals surface area contributed by atoms with Crippen LogP contribution in [-0.2, 0) is 6.18 Å². The molecule has 0 radical (unpaired) electrons. The monoisotopic (exact) mass is 610 g/mol. The summed E-state index contributed by atoms with van der Waals surface area (Å²) in [7, 11) is 5.68. The van der Waals surface area contributed by atoms with Crippen LogP contribution in [-0.4, -0.2) is 59.6 Å². The molecular weight excluding hydrogens is 585 g/mol. The van der Waals surface area contributed by atoms with Gasteiger partial charge >= 0.3 is 12.1 Å². The molecule has 0 spiro atoms. The molecule has 0 aliphatic rings.